The van der Waals surface area contributed by atoms with Gasteiger partial charge in [0.25, 0.3) is 0 Å². The monoisotopic (exact) mass is 242 g/mol. The lowest BCUT2D eigenvalue weighted by Crippen LogP contribution is -2.35. The molecule has 2 saturated heterocycles. The maximum absolute atomic E-state index is 11.0. The van der Waals surface area contributed by atoms with Crippen LogP contribution >= 0.6 is 11.8 Å². The first-order chi connectivity index (χ1) is 7.74. The summed E-state index contributed by atoms with van der Waals surface area (Å²) in [5, 5.41) is 4.23. The second kappa shape index (κ2) is 6.03. The maximum atomic E-state index is 11.0. The normalized spacial score (nSPS) is 28.4. The highest BCUT2D eigenvalue weighted by Gasteiger charge is 2.26. The van der Waals surface area contributed by atoms with Crippen molar-refractivity contribution in [3.63, 3.8) is 0 Å². The Kier molecular flexibility index (Phi) is 4.67. The topological polar surface area (TPSA) is 32.3 Å². The number of thioether (sulfide) groups is 1. The third-order valence-corrected chi connectivity index (χ3v) is 4.59. The highest BCUT2D eigenvalue weighted by atomic mass is 32.2. The minimum atomic E-state index is 0.272. The van der Waals surface area contributed by atoms with Crippen LogP contribution in [0.15, 0.2) is 0 Å². The van der Waals surface area contributed by atoms with E-state index in [4.69, 9.17) is 0 Å². The Labute approximate surface area is 102 Å². The molecule has 0 radical (unpaired) electrons. The van der Waals surface area contributed by atoms with Crippen molar-refractivity contribution in [2.45, 2.75) is 31.4 Å². The smallest absolute Gasteiger partial charge is 0.186 e. The number of carbonyl (C=O) groups excluding carboxylic acids is 1. The molecule has 1 atom stereocenters. The van der Waals surface area contributed by atoms with E-state index in [2.05, 4.69) is 10.2 Å². The molecule has 2 fully saturated rings. The van der Waals surface area contributed by atoms with Gasteiger partial charge >= 0.3 is 0 Å². The molecule has 3 nitrogen and oxygen atoms in total. The van der Waals surface area contributed by atoms with E-state index >= 15 is 0 Å². The minimum Gasteiger partial charge on any atom is -0.317 e. The van der Waals surface area contributed by atoms with Crippen molar-refractivity contribution < 1.29 is 4.79 Å². The van der Waals surface area contributed by atoms with E-state index in [1.165, 1.54) is 57.2 Å². The Bertz CT molecular complexity index is 241. The standard InChI is InChI=1S/C12H22N2OS/c1-10(15)16-12-4-7-14(9-12)8-11-2-5-13-6-3-11/h11-13H,2-9H2,1H3. The SMILES string of the molecule is CC(=O)SC1CCN(CC2CCNCC2)C1. The fourth-order valence-electron chi connectivity index (χ4n) is 2.72. The fourth-order valence-corrected chi connectivity index (χ4v) is 3.70. The quantitative estimate of drug-likeness (QED) is 0.809. The van der Waals surface area contributed by atoms with Gasteiger partial charge < -0.3 is 10.2 Å². The van der Waals surface area contributed by atoms with Crippen LogP contribution in [0.5, 0.6) is 0 Å². The van der Waals surface area contributed by atoms with Gasteiger partial charge in [0, 0.05) is 25.3 Å². The van der Waals surface area contributed by atoms with Gasteiger partial charge in [-0.05, 0) is 44.8 Å². The van der Waals surface area contributed by atoms with Gasteiger partial charge in [-0.2, -0.15) is 0 Å². The van der Waals surface area contributed by atoms with Crippen molar-refractivity contribution in [2.24, 2.45) is 5.92 Å². The summed E-state index contributed by atoms with van der Waals surface area (Å²) < 4.78 is 0. The Balaban J connectivity index is 1.69. The van der Waals surface area contributed by atoms with E-state index in [1.807, 2.05) is 0 Å². The predicted octanol–water partition coefficient (Wildman–Crippen LogP) is 1.34. The maximum Gasteiger partial charge on any atom is 0.186 e. The molecule has 0 aromatic heterocycles. The van der Waals surface area contributed by atoms with Crippen LogP contribution < -0.4 is 5.32 Å². The van der Waals surface area contributed by atoms with Crippen molar-refractivity contribution in [1.82, 2.24) is 10.2 Å². The second-order valence-electron chi connectivity index (χ2n) is 4.97. The number of rotatable bonds is 3. The summed E-state index contributed by atoms with van der Waals surface area (Å²) in [5.41, 5.74) is 0. The number of likely N-dealkylation sites (tertiary alicyclic amines) is 1. The molecule has 16 heavy (non-hydrogen) atoms. The van der Waals surface area contributed by atoms with Crippen molar-refractivity contribution in [3.8, 4) is 0 Å². The van der Waals surface area contributed by atoms with E-state index in [-0.39, 0.29) is 5.12 Å². The van der Waals surface area contributed by atoms with Gasteiger partial charge in [0.1, 0.15) is 0 Å². The summed E-state index contributed by atoms with van der Waals surface area (Å²) in [6.07, 6.45) is 3.83. The molecule has 0 aromatic carbocycles. The average Bonchev–Trinajstić information content (AvgIpc) is 2.66. The summed E-state index contributed by atoms with van der Waals surface area (Å²) in [7, 11) is 0. The summed E-state index contributed by atoms with van der Waals surface area (Å²) in [6.45, 7) is 7.61. The molecular formula is C12H22N2OS. The first kappa shape index (κ1) is 12.4. The van der Waals surface area contributed by atoms with Crippen LogP contribution in [0.2, 0.25) is 0 Å². The lowest BCUT2D eigenvalue weighted by Gasteiger charge is -2.27. The molecule has 4 heteroatoms. The third kappa shape index (κ3) is 3.75. The van der Waals surface area contributed by atoms with Crippen LogP contribution in [-0.2, 0) is 4.79 Å². The third-order valence-electron chi connectivity index (χ3n) is 3.54. The summed E-state index contributed by atoms with van der Waals surface area (Å²) in [6, 6.07) is 0. The number of piperidine rings is 1. The van der Waals surface area contributed by atoms with Crippen molar-refractivity contribution in [3.05, 3.63) is 0 Å². The molecule has 2 aliphatic heterocycles. The van der Waals surface area contributed by atoms with Gasteiger partial charge in [0.05, 0.1) is 0 Å². The van der Waals surface area contributed by atoms with E-state index < -0.39 is 0 Å². The zero-order valence-corrected chi connectivity index (χ0v) is 10.9. The van der Waals surface area contributed by atoms with Gasteiger partial charge in [-0.3, -0.25) is 4.79 Å². The predicted molar refractivity (Wildman–Crippen MR) is 68.7 cm³/mol. The zero-order valence-electron chi connectivity index (χ0n) is 10.1. The molecule has 2 heterocycles. The van der Waals surface area contributed by atoms with Crippen LogP contribution in [0.3, 0.4) is 0 Å². The highest BCUT2D eigenvalue weighted by Crippen LogP contribution is 2.25. The summed E-state index contributed by atoms with van der Waals surface area (Å²) in [5.74, 6) is 0.877. The number of hydrogen-bond acceptors (Lipinski definition) is 4. The van der Waals surface area contributed by atoms with Gasteiger partial charge in [-0.1, -0.05) is 11.8 Å². The van der Waals surface area contributed by atoms with Crippen LogP contribution in [0.4, 0.5) is 0 Å². The van der Waals surface area contributed by atoms with E-state index in [0.29, 0.717) is 5.25 Å². The number of hydrogen-bond donors (Lipinski definition) is 1. The molecular weight excluding hydrogens is 220 g/mol. The van der Waals surface area contributed by atoms with E-state index in [9.17, 15) is 4.79 Å². The van der Waals surface area contributed by atoms with Crippen LogP contribution in [0.25, 0.3) is 0 Å². The van der Waals surface area contributed by atoms with E-state index in [1.54, 1.807) is 6.92 Å². The molecule has 0 amide bonds. The molecule has 0 aromatic rings. The molecule has 1 unspecified atom stereocenters. The van der Waals surface area contributed by atoms with Gasteiger partial charge in [-0.25, -0.2) is 0 Å². The second-order valence-corrected chi connectivity index (χ2v) is 6.45. The Morgan fingerprint density at radius 3 is 2.81 bits per heavy atom. The zero-order chi connectivity index (χ0) is 11.4. The first-order valence-electron chi connectivity index (χ1n) is 6.34. The number of nitrogens with zero attached hydrogens (tertiary/aromatic N) is 1. The van der Waals surface area contributed by atoms with Gasteiger partial charge in [0.15, 0.2) is 5.12 Å². The Morgan fingerprint density at radius 2 is 2.12 bits per heavy atom. The lowest BCUT2D eigenvalue weighted by molar-refractivity contribution is -0.109. The average molecular weight is 242 g/mol. The lowest BCUT2D eigenvalue weighted by atomic mass is 9.98. The minimum absolute atomic E-state index is 0.272. The van der Waals surface area contributed by atoms with Gasteiger partial charge in [-0.15, -0.1) is 0 Å². The molecule has 0 saturated carbocycles. The van der Waals surface area contributed by atoms with Crippen molar-refractivity contribution in [1.29, 1.82) is 0 Å². The van der Waals surface area contributed by atoms with Crippen molar-refractivity contribution >= 4 is 16.9 Å². The van der Waals surface area contributed by atoms with E-state index in [0.717, 1.165) is 12.5 Å². The first-order valence-corrected chi connectivity index (χ1v) is 7.22. The molecule has 92 valence electrons. The molecule has 2 aliphatic rings. The molecule has 0 spiro atoms. The largest absolute Gasteiger partial charge is 0.317 e. The van der Waals surface area contributed by atoms with Gasteiger partial charge in [0.2, 0.25) is 0 Å². The Morgan fingerprint density at radius 1 is 1.38 bits per heavy atom. The van der Waals surface area contributed by atoms with Crippen molar-refractivity contribution in [2.75, 3.05) is 32.7 Å². The number of carbonyl (C=O) groups is 1. The summed E-state index contributed by atoms with van der Waals surface area (Å²) in [4.78, 5) is 13.6. The molecule has 0 bridgehead atoms. The van der Waals surface area contributed by atoms with Crippen LogP contribution in [0, 0.1) is 5.92 Å². The molecule has 1 N–H and O–H groups in total. The van der Waals surface area contributed by atoms with Crippen LogP contribution in [0.1, 0.15) is 26.2 Å². The van der Waals surface area contributed by atoms with Crippen LogP contribution in [-0.4, -0.2) is 48.0 Å². The highest BCUT2D eigenvalue weighted by molar-refractivity contribution is 8.14. The number of nitrogens with one attached hydrogen (secondary N) is 1. The molecule has 2 rings (SSSR count). The molecule has 0 aliphatic carbocycles. The summed E-state index contributed by atoms with van der Waals surface area (Å²) >= 11 is 1.53. The Hall–Kier alpha value is -0.0600. The fraction of sp³-hybridized carbons (Fsp3) is 0.917.